The second-order valence-corrected chi connectivity index (χ2v) is 7.33. The highest BCUT2D eigenvalue weighted by atomic mass is 32.2. The zero-order chi connectivity index (χ0) is 18.3. The molecule has 1 heterocycles. The van der Waals surface area contributed by atoms with Crippen LogP contribution in [0.5, 0.6) is 0 Å². The molecule has 0 unspecified atom stereocenters. The van der Waals surface area contributed by atoms with Crippen molar-refractivity contribution in [3.63, 3.8) is 0 Å². The van der Waals surface area contributed by atoms with Crippen LogP contribution in [0.2, 0.25) is 0 Å². The van der Waals surface area contributed by atoms with Crippen molar-refractivity contribution < 1.29 is 18.0 Å². The van der Waals surface area contributed by atoms with E-state index in [4.69, 9.17) is 0 Å². The molecule has 7 nitrogen and oxygen atoms in total. The van der Waals surface area contributed by atoms with E-state index in [1.165, 1.54) is 24.5 Å². The van der Waals surface area contributed by atoms with Crippen LogP contribution in [0, 0.1) is 0 Å². The minimum Gasteiger partial charge on any atom is -0.348 e. The molecule has 0 saturated heterocycles. The van der Waals surface area contributed by atoms with Crippen LogP contribution >= 0.6 is 0 Å². The van der Waals surface area contributed by atoms with Crippen molar-refractivity contribution in [2.75, 3.05) is 13.1 Å². The van der Waals surface area contributed by atoms with Gasteiger partial charge in [-0.2, -0.15) is 0 Å². The van der Waals surface area contributed by atoms with Crippen molar-refractivity contribution in [2.24, 2.45) is 0 Å². The molecule has 0 fully saturated rings. The molecule has 1 atom stereocenters. The van der Waals surface area contributed by atoms with Gasteiger partial charge in [-0.1, -0.05) is 24.3 Å². The van der Waals surface area contributed by atoms with E-state index in [-0.39, 0.29) is 11.4 Å². The Kier molecular flexibility index (Phi) is 6.24. The predicted octanol–water partition coefficient (Wildman–Crippen LogP) is 0.849. The smallest absolute Gasteiger partial charge is 0.309 e. The SMILES string of the molecule is CCNC(=O)C(=O)NC[C@@H](c1cccnc1)S(=O)(=O)c1ccccc1. The predicted molar refractivity (Wildman–Crippen MR) is 92.3 cm³/mol. The highest BCUT2D eigenvalue weighted by Gasteiger charge is 2.30. The standard InChI is InChI=1S/C17H19N3O4S/c1-2-19-16(21)17(22)20-12-15(13-7-6-10-18-11-13)25(23,24)14-8-4-3-5-9-14/h3-11,15H,2,12H2,1H3,(H,19,21)(H,20,22)/t15-/m0/s1. The van der Waals surface area contributed by atoms with Gasteiger partial charge in [0.1, 0.15) is 5.25 Å². The second kappa shape index (κ2) is 8.39. The van der Waals surface area contributed by atoms with Crippen molar-refractivity contribution >= 4 is 21.7 Å². The first-order valence-electron chi connectivity index (χ1n) is 7.71. The number of carbonyl (C=O) groups is 2. The number of hydrogen-bond donors (Lipinski definition) is 2. The van der Waals surface area contributed by atoms with Crippen molar-refractivity contribution in [3.05, 3.63) is 60.4 Å². The average molecular weight is 361 g/mol. The van der Waals surface area contributed by atoms with Gasteiger partial charge in [0.05, 0.1) is 4.90 Å². The second-order valence-electron chi connectivity index (χ2n) is 5.20. The van der Waals surface area contributed by atoms with Gasteiger partial charge in [0.2, 0.25) is 0 Å². The Balaban J connectivity index is 2.29. The molecule has 1 aromatic carbocycles. The Morgan fingerprint density at radius 3 is 2.32 bits per heavy atom. The number of nitrogens with zero attached hydrogens (tertiary/aromatic N) is 1. The lowest BCUT2D eigenvalue weighted by Gasteiger charge is -2.18. The molecule has 8 heteroatoms. The van der Waals surface area contributed by atoms with Gasteiger partial charge in [-0.3, -0.25) is 14.6 Å². The van der Waals surface area contributed by atoms with Crippen LogP contribution in [-0.2, 0) is 19.4 Å². The molecule has 0 aliphatic rings. The monoisotopic (exact) mass is 361 g/mol. The number of aromatic nitrogens is 1. The van der Waals surface area contributed by atoms with Crippen LogP contribution < -0.4 is 10.6 Å². The van der Waals surface area contributed by atoms with E-state index in [0.717, 1.165) is 0 Å². The summed E-state index contributed by atoms with van der Waals surface area (Å²) >= 11 is 0. The fourth-order valence-corrected chi connectivity index (χ4v) is 3.92. The van der Waals surface area contributed by atoms with Crippen molar-refractivity contribution in [3.8, 4) is 0 Å². The van der Waals surface area contributed by atoms with Gasteiger partial charge >= 0.3 is 11.8 Å². The number of nitrogens with one attached hydrogen (secondary N) is 2. The highest BCUT2D eigenvalue weighted by Crippen LogP contribution is 2.27. The Labute approximate surface area is 146 Å². The average Bonchev–Trinajstić information content (AvgIpc) is 2.63. The van der Waals surface area contributed by atoms with E-state index >= 15 is 0 Å². The van der Waals surface area contributed by atoms with E-state index < -0.39 is 26.9 Å². The molecule has 0 bridgehead atoms. The van der Waals surface area contributed by atoms with Crippen LogP contribution in [0.1, 0.15) is 17.7 Å². The molecule has 2 N–H and O–H groups in total. The summed E-state index contributed by atoms with van der Waals surface area (Å²) in [5, 5.41) is 3.70. The summed E-state index contributed by atoms with van der Waals surface area (Å²) in [5.41, 5.74) is 0.433. The fraction of sp³-hybridized carbons (Fsp3) is 0.235. The minimum absolute atomic E-state index is 0.135. The Morgan fingerprint density at radius 2 is 1.72 bits per heavy atom. The van der Waals surface area contributed by atoms with E-state index in [0.29, 0.717) is 12.1 Å². The van der Waals surface area contributed by atoms with Crippen LogP contribution in [0.15, 0.2) is 59.8 Å². The third-order valence-electron chi connectivity index (χ3n) is 3.49. The molecule has 0 spiro atoms. The third kappa shape index (κ3) is 4.63. The number of carbonyl (C=O) groups excluding carboxylic acids is 2. The maximum absolute atomic E-state index is 13.0. The van der Waals surface area contributed by atoms with Gasteiger partial charge in [-0.05, 0) is 30.7 Å². The lowest BCUT2D eigenvalue weighted by Crippen LogP contribution is -2.42. The van der Waals surface area contributed by atoms with Gasteiger partial charge in [0.25, 0.3) is 0 Å². The maximum atomic E-state index is 13.0. The first-order valence-corrected chi connectivity index (χ1v) is 9.26. The van der Waals surface area contributed by atoms with E-state index in [2.05, 4.69) is 15.6 Å². The summed E-state index contributed by atoms with van der Waals surface area (Å²) in [5.74, 6) is -1.68. The number of rotatable bonds is 6. The van der Waals surface area contributed by atoms with E-state index in [1.54, 1.807) is 37.3 Å². The molecule has 2 amide bonds. The number of hydrogen-bond acceptors (Lipinski definition) is 5. The molecular formula is C17H19N3O4S. The maximum Gasteiger partial charge on any atom is 0.309 e. The summed E-state index contributed by atoms with van der Waals surface area (Å²) in [7, 11) is -3.77. The zero-order valence-corrected chi connectivity index (χ0v) is 14.5. The summed E-state index contributed by atoms with van der Waals surface area (Å²) < 4.78 is 25.9. The molecule has 0 aliphatic carbocycles. The zero-order valence-electron chi connectivity index (χ0n) is 13.7. The highest BCUT2D eigenvalue weighted by molar-refractivity contribution is 7.91. The molecule has 25 heavy (non-hydrogen) atoms. The molecule has 1 aromatic heterocycles. The summed E-state index contributed by atoms with van der Waals surface area (Å²) in [6.07, 6.45) is 2.96. The Bertz CT molecular complexity index is 823. The minimum atomic E-state index is -3.77. The molecule has 0 radical (unpaired) electrons. The third-order valence-corrected chi connectivity index (χ3v) is 5.61. The van der Waals surface area contributed by atoms with Crippen molar-refractivity contribution in [1.29, 1.82) is 0 Å². The van der Waals surface area contributed by atoms with Crippen LogP contribution in [0.4, 0.5) is 0 Å². The molecule has 0 saturated carbocycles. The van der Waals surface area contributed by atoms with Gasteiger partial charge < -0.3 is 10.6 Å². The topological polar surface area (TPSA) is 105 Å². The number of sulfone groups is 1. The quantitative estimate of drug-likeness (QED) is 0.742. The number of benzene rings is 1. The Morgan fingerprint density at radius 1 is 1.04 bits per heavy atom. The summed E-state index contributed by atoms with van der Waals surface area (Å²) in [6.45, 7) is 1.75. The van der Waals surface area contributed by atoms with Gasteiger partial charge in [-0.15, -0.1) is 0 Å². The van der Waals surface area contributed by atoms with E-state index in [9.17, 15) is 18.0 Å². The number of likely N-dealkylation sites (N-methyl/N-ethyl adjacent to an activating group) is 1. The van der Waals surface area contributed by atoms with E-state index in [1.807, 2.05) is 0 Å². The van der Waals surface area contributed by atoms with Crippen molar-refractivity contribution in [1.82, 2.24) is 15.6 Å². The molecule has 2 rings (SSSR count). The van der Waals surface area contributed by atoms with Crippen LogP contribution in [-0.4, -0.2) is 38.3 Å². The van der Waals surface area contributed by atoms with Gasteiger partial charge in [0.15, 0.2) is 9.84 Å². The largest absolute Gasteiger partial charge is 0.348 e. The first-order chi connectivity index (χ1) is 12.0. The summed E-state index contributed by atoms with van der Waals surface area (Å²) in [6, 6.07) is 11.2. The number of amides is 2. The summed E-state index contributed by atoms with van der Waals surface area (Å²) in [4.78, 5) is 27.4. The molecule has 0 aliphatic heterocycles. The lowest BCUT2D eigenvalue weighted by molar-refractivity contribution is -0.139. The molecule has 132 valence electrons. The Hall–Kier alpha value is -2.74. The number of pyridine rings is 1. The first kappa shape index (κ1) is 18.6. The van der Waals surface area contributed by atoms with Crippen LogP contribution in [0.3, 0.4) is 0 Å². The van der Waals surface area contributed by atoms with Gasteiger partial charge in [-0.25, -0.2) is 8.42 Å². The lowest BCUT2D eigenvalue weighted by atomic mass is 10.2. The van der Waals surface area contributed by atoms with Crippen LogP contribution in [0.25, 0.3) is 0 Å². The molecule has 2 aromatic rings. The normalized spacial score (nSPS) is 12.2. The van der Waals surface area contributed by atoms with Crippen molar-refractivity contribution in [2.45, 2.75) is 17.1 Å². The molecular weight excluding hydrogens is 342 g/mol. The fourth-order valence-electron chi connectivity index (χ4n) is 2.25. The van der Waals surface area contributed by atoms with Gasteiger partial charge in [0, 0.05) is 25.5 Å².